The number of amides is 1. The Morgan fingerprint density at radius 2 is 2.00 bits per heavy atom. The summed E-state index contributed by atoms with van der Waals surface area (Å²) >= 11 is 3.40. The summed E-state index contributed by atoms with van der Waals surface area (Å²) in [6.45, 7) is 1.85. The Hall–Kier alpha value is -1.14. The molecule has 4 nitrogen and oxygen atoms in total. The van der Waals surface area contributed by atoms with Gasteiger partial charge < -0.3 is 4.90 Å². The Balaban J connectivity index is 1.58. The zero-order chi connectivity index (χ0) is 14.9. The van der Waals surface area contributed by atoms with Gasteiger partial charge in [0.2, 0.25) is 5.91 Å². The number of nitrogens with zero attached hydrogens (tertiary/aromatic N) is 3. The Morgan fingerprint density at radius 3 is 2.86 bits per heavy atom. The topological polar surface area (TPSA) is 46.1 Å². The van der Waals surface area contributed by atoms with Crippen molar-refractivity contribution in [3.8, 4) is 0 Å². The summed E-state index contributed by atoms with van der Waals surface area (Å²) < 4.78 is 0. The smallest absolute Gasteiger partial charge is 0.232 e. The first-order valence-electron chi connectivity index (χ1n) is 7.99. The van der Waals surface area contributed by atoms with Gasteiger partial charge in [-0.1, -0.05) is 11.8 Å². The van der Waals surface area contributed by atoms with Gasteiger partial charge in [-0.3, -0.25) is 4.79 Å². The Bertz CT molecular complexity index is 707. The van der Waals surface area contributed by atoms with Gasteiger partial charge in [0, 0.05) is 23.4 Å². The van der Waals surface area contributed by atoms with Crippen molar-refractivity contribution < 1.29 is 4.79 Å². The van der Waals surface area contributed by atoms with Gasteiger partial charge in [-0.2, -0.15) is 0 Å². The van der Waals surface area contributed by atoms with E-state index in [2.05, 4.69) is 9.97 Å². The monoisotopic (exact) mass is 333 g/mol. The Kier molecular flexibility index (Phi) is 4.05. The molecule has 116 valence electrons. The van der Waals surface area contributed by atoms with E-state index >= 15 is 0 Å². The number of likely N-dealkylation sites (tertiary alicyclic amines) is 1. The van der Waals surface area contributed by atoms with E-state index in [0.717, 1.165) is 42.2 Å². The van der Waals surface area contributed by atoms with Crippen molar-refractivity contribution in [2.45, 2.75) is 43.6 Å². The molecule has 6 heteroatoms. The summed E-state index contributed by atoms with van der Waals surface area (Å²) in [5.74, 6) is 0.745. The van der Waals surface area contributed by atoms with Gasteiger partial charge in [0.1, 0.15) is 16.2 Å². The van der Waals surface area contributed by atoms with Crippen LogP contribution in [0.2, 0.25) is 0 Å². The maximum atomic E-state index is 12.2. The molecule has 22 heavy (non-hydrogen) atoms. The fourth-order valence-electron chi connectivity index (χ4n) is 3.36. The number of aryl methyl sites for hydroxylation is 2. The van der Waals surface area contributed by atoms with Crippen LogP contribution >= 0.6 is 23.1 Å². The summed E-state index contributed by atoms with van der Waals surface area (Å²) in [4.78, 5) is 25.7. The highest BCUT2D eigenvalue weighted by atomic mass is 32.2. The van der Waals surface area contributed by atoms with Gasteiger partial charge >= 0.3 is 0 Å². The van der Waals surface area contributed by atoms with E-state index in [-0.39, 0.29) is 5.91 Å². The Morgan fingerprint density at radius 1 is 1.18 bits per heavy atom. The van der Waals surface area contributed by atoms with Crippen LogP contribution in [0.1, 0.15) is 36.1 Å². The molecule has 0 spiro atoms. The zero-order valence-electron chi connectivity index (χ0n) is 12.5. The molecule has 4 rings (SSSR count). The van der Waals surface area contributed by atoms with Crippen molar-refractivity contribution >= 4 is 39.2 Å². The highest BCUT2D eigenvalue weighted by Gasteiger charge is 2.22. The molecule has 2 aromatic rings. The van der Waals surface area contributed by atoms with Crippen LogP contribution in [0.15, 0.2) is 11.4 Å². The molecule has 1 fully saturated rings. The van der Waals surface area contributed by atoms with E-state index in [1.807, 2.05) is 16.2 Å². The number of carbonyl (C=O) groups is 1. The molecular formula is C16H19N3OS2. The molecule has 0 bridgehead atoms. The molecule has 1 aliphatic carbocycles. The summed E-state index contributed by atoms with van der Waals surface area (Å²) in [6, 6.07) is 0. The molecule has 0 unspecified atom stereocenters. The molecule has 0 radical (unpaired) electrons. The second-order valence-electron chi connectivity index (χ2n) is 5.95. The van der Waals surface area contributed by atoms with Crippen LogP contribution < -0.4 is 0 Å². The maximum Gasteiger partial charge on any atom is 0.232 e. The van der Waals surface area contributed by atoms with E-state index in [4.69, 9.17) is 0 Å². The first-order valence-corrected chi connectivity index (χ1v) is 9.79. The van der Waals surface area contributed by atoms with E-state index in [0.29, 0.717) is 5.75 Å². The highest BCUT2D eigenvalue weighted by Crippen LogP contribution is 2.39. The molecule has 0 aromatic carbocycles. The summed E-state index contributed by atoms with van der Waals surface area (Å²) in [6.07, 6.45) is 8.78. The molecule has 2 aliphatic rings. The first-order chi connectivity index (χ1) is 10.8. The average Bonchev–Trinajstić information content (AvgIpc) is 3.19. The fraction of sp³-hybridized carbons (Fsp3) is 0.562. The lowest BCUT2D eigenvalue weighted by Gasteiger charge is -2.15. The van der Waals surface area contributed by atoms with E-state index in [1.54, 1.807) is 18.1 Å². The molecule has 0 saturated carbocycles. The Labute approximate surface area is 138 Å². The van der Waals surface area contributed by atoms with Gasteiger partial charge in [-0.25, -0.2) is 9.97 Å². The molecule has 2 aromatic heterocycles. The van der Waals surface area contributed by atoms with Gasteiger partial charge in [0.05, 0.1) is 5.75 Å². The van der Waals surface area contributed by atoms with Crippen LogP contribution in [0.3, 0.4) is 0 Å². The van der Waals surface area contributed by atoms with Gasteiger partial charge in [0.15, 0.2) is 0 Å². The molecule has 1 aliphatic heterocycles. The average molecular weight is 333 g/mol. The van der Waals surface area contributed by atoms with Gasteiger partial charge in [-0.05, 0) is 44.1 Å². The predicted octanol–water partition coefficient (Wildman–Crippen LogP) is 3.28. The lowest BCUT2D eigenvalue weighted by Crippen LogP contribution is -2.29. The normalized spacial score (nSPS) is 17.9. The molecule has 3 heterocycles. The number of hydrogen-bond acceptors (Lipinski definition) is 5. The van der Waals surface area contributed by atoms with Crippen LogP contribution in [0.4, 0.5) is 0 Å². The van der Waals surface area contributed by atoms with E-state index in [9.17, 15) is 4.79 Å². The van der Waals surface area contributed by atoms with Crippen molar-refractivity contribution in [1.82, 2.24) is 14.9 Å². The minimum Gasteiger partial charge on any atom is -0.342 e. The highest BCUT2D eigenvalue weighted by molar-refractivity contribution is 8.00. The molecular weight excluding hydrogens is 314 g/mol. The standard InChI is InChI=1S/C16H19N3OS2/c20-13(19-7-3-4-8-19)9-21-15-14-11-5-1-2-6-12(11)22-16(14)18-10-17-15/h10H,1-9H2. The number of hydrogen-bond donors (Lipinski definition) is 0. The molecule has 1 amide bonds. The predicted molar refractivity (Wildman–Crippen MR) is 90.6 cm³/mol. The van der Waals surface area contributed by atoms with Crippen LogP contribution in [0, 0.1) is 0 Å². The third-order valence-corrected chi connectivity index (χ3v) is 6.68. The molecule has 0 atom stereocenters. The number of rotatable bonds is 3. The molecule has 1 saturated heterocycles. The van der Waals surface area contributed by atoms with Crippen LogP contribution in [-0.4, -0.2) is 39.6 Å². The number of carbonyl (C=O) groups excluding carboxylic acids is 1. The van der Waals surface area contributed by atoms with E-state index < -0.39 is 0 Å². The number of thioether (sulfide) groups is 1. The van der Waals surface area contributed by atoms with Gasteiger partial charge in [0.25, 0.3) is 0 Å². The fourth-order valence-corrected chi connectivity index (χ4v) is 5.58. The van der Waals surface area contributed by atoms with Crippen molar-refractivity contribution in [3.63, 3.8) is 0 Å². The third kappa shape index (κ3) is 2.63. The van der Waals surface area contributed by atoms with Gasteiger partial charge in [-0.15, -0.1) is 11.3 Å². The lowest BCUT2D eigenvalue weighted by atomic mass is 9.97. The summed E-state index contributed by atoms with van der Waals surface area (Å²) in [5, 5.41) is 2.22. The van der Waals surface area contributed by atoms with Crippen LogP contribution in [0.5, 0.6) is 0 Å². The minimum absolute atomic E-state index is 0.248. The maximum absolute atomic E-state index is 12.2. The van der Waals surface area contributed by atoms with E-state index in [1.165, 1.54) is 35.1 Å². The summed E-state index contributed by atoms with van der Waals surface area (Å²) in [7, 11) is 0. The second-order valence-corrected chi connectivity index (χ2v) is 7.99. The van der Waals surface area contributed by atoms with Crippen molar-refractivity contribution in [1.29, 1.82) is 0 Å². The quantitative estimate of drug-likeness (QED) is 0.639. The third-order valence-electron chi connectivity index (χ3n) is 4.51. The SMILES string of the molecule is O=C(CSc1ncnc2sc3c(c12)CCCC3)N1CCCC1. The second kappa shape index (κ2) is 6.16. The lowest BCUT2D eigenvalue weighted by molar-refractivity contribution is -0.127. The molecule has 0 N–H and O–H groups in total. The van der Waals surface area contributed by atoms with Crippen molar-refractivity contribution in [2.24, 2.45) is 0 Å². The zero-order valence-corrected chi connectivity index (χ0v) is 14.1. The van der Waals surface area contributed by atoms with Crippen molar-refractivity contribution in [2.75, 3.05) is 18.8 Å². The minimum atomic E-state index is 0.248. The van der Waals surface area contributed by atoms with Crippen molar-refractivity contribution in [3.05, 3.63) is 16.8 Å². The largest absolute Gasteiger partial charge is 0.342 e. The first kappa shape index (κ1) is 14.5. The van der Waals surface area contributed by atoms with Crippen LogP contribution in [-0.2, 0) is 17.6 Å². The van der Waals surface area contributed by atoms with Crippen LogP contribution in [0.25, 0.3) is 10.2 Å². The summed E-state index contributed by atoms with van der Waals surface area (Å²) in [5.41, 5.74) is 1.45. The number of aromatic nitrogens is 2. The number of fused-ring (bicyclic) bond motifs is 3. The number of thiophene rings is 1.